The highest BCUT2D eigenvalue weighted by Crippen LogP contribution is 2.24. The second-order valence-corrected chi connectivity index (χ2v) is 7.68. The van der Waals surface area contributed by atoms with Crippen molar-refractivity contribution in [3.63, 3.8) is 0 Å². The summed E-state index contributed by atoms with van der Waals surface area (Å²) < 4.78 is 46.2. The molecule has 36 heavy (non-hydrogen) atoms. The number of rotatable bonds is 6. The Balaban J connectivity index is 1.66. The summed E-state index contributed by atoms with van der Waals surface area (Å²) in [6.07, 6.45) is -4.95. The summed E-state index contributed by atoms with van der Waals surface area (Å²) in [5, 5.41) is 13.2. The molecule has 3 N–H and O–H groups in total. The number of nitrogens with one attached hydrogen (secondary N) is 1. The van der Waals surface area contributed by atoms with E-state index in [4.69, 9.17) is 22.1 Å². The first-order valence-corrected chi connectivity index (χ1v) is 10.5. The number of amides is 1. The Morgan fingerprint density at radius 1 is 1.06 bits per heavy atom. The van der Waals surface area contributed by atoms with E-state index in [1.54, 1.807) is 24.3 Å². The van der Waals surface area contributed by atoms with Gasteiger partial charge in [0, 0.05) is 11.1 Å². The topological polar surface area (TPSA) is 141 Å². The quantitative estimate of drug-likeness (QED) is 0.402. The Hall–Kier alpha value is -4.52. The number of alkyl halides is 3. The van der Waals surface area contributed by atoms with Gasteiger partial charge in [-0.2, -0.15) is 18.3 Å². The number of primary amides is 1. The molecule has 0 bridgehead atoms. The highest BCUT2D eigenvalue weighted by molar-refractivity contribution is 6.30. The second-order valence-electron chi connectivity index (χ2n) is 7.24. The first kappa shape index (κ1) is 24.6. The van der Waals surface area contributed by atoms with Crippen molar-refractivity contribution in [2.24, 2.45) is 10.7 Å². The minimum atomic E-state index is -4.95. The van der Waals surface area contributed by atoms with Crippen LogP contribution in [0.25, 0.3) is 0 Å². The van der Waals surface area contributed by atoms with Crippen LogP contribution in [0.4, 0.5) is 18.9 Å². The van der Waals surface area contributed by atoms with E-state index in [0.717, 1.165) is 4.57 Å². The number of halogens is 4. The number of benzene rings is 2. The lowest BCUT2D eigenvalue weighted by molar-refractivity contribution is -0.143. The SMILES string of the molecule is NC(=O)c1ccc(Oc2ccc(/N=c3\[nH]nc(C(F)(F)F)c(=O)n3Cc3ccc(Cl)cc3)cc2)nn1. The van der Waals surface area contributed by atoms with Crippen LogP contribution in [-0.4, -0.2) is 30.9 Å². The first-order chi connectivity index (χ1) is 17.1. The predicted octanol–water partition coefficient (Wildman–Crippen LogP) is 3.21. The molecule has 184 valence electrons. The number of nitrogens with zero attached hydrogens (tertiary/aromatic N) is 5. The van der Waals surface area contributed by atoms with Crippen LogP contribution in [-0.2, 0) is 12.7 Å². The van der Waals surface area contributed by atoms with Gasteiger partial charge in [-0.3, -0.25) is 14.2 Å². The van der Waals surface area contributed by atoms with Crippen LogP contribution in [0, 0.1) is 0 Å². The highest BCUT2D eigenvalue weighted by Gasteiger charge is 2.37. The van der Waals surface area contributed by atoms with Gasteiger partial charge in [-0.15, -0.1) is 10.2 Å². The van der Waals surface area contributed by atoms with Gasteiger partial charge in [-0.1, -0.05) is 23.7 Å². The highest BCUT2D eigenvalue weighted by atomic mass is 35.5. The molecule has 0 unspecified atom stereocenters. The number of H-pyrrole nitrogens is 1. The zero-order valence-corrected chi connectivity index (χ0v) is 18.8. The molecule has 2 heterocycles. The largest absolute Gasteiger partial charge is 0.440 e. The van der Waals surface area contributed by atoms with E-state index in [9.17, 15) is 22.8 Å². The molecule has 4 aromatic rings. The van der Waals surface area contributed by atoms with Gasteiger partial charge in [0.2, 0.25) is 17.2 Å². The van der Waals surface area contributed by atoms with Crippen molar-refractivity contribution in [3.05, 3.63) is 98.6 Å². The van der Waals surface area contributed by atoms with E-state index in [-0.39, 0.29) is 23.7 Å². The molecule has 0 radical (unpaired) electrons. The van der Waals surface area contributed by atoms with E-state index >= 15 is 0 Å². The number of carbonyl (C=O) groups is 1. The fourth-order valence-corrected chi connectivity index (χ4v) is 3.09. The molecule has 0 saturated heterocycles. The number of hydrogen-bond acceptors (Lipinski definition) is 7. The van der Waals surface area contributed by atoms with Crippen molar-refractivity contribution in [3.8, 4) is 11.6 Å². The van der Waals surface area contributed by atoms with Crippen molar-refractivity contribution in [2.45, 2.75) is 12.7 Å². The molecule has 0 spiro atoms. The summed E-state index contributed by atoms with van der Waals surface area (Å²) in [4.78, 5) is 27.9. The van der Waals surface area contributed by atoms with Gasteiger partial charge in [0.25, 0.3) is 11.5 Å². The van der Waals surface area contributed by atoms with Crippen molar-refractivity contribution < 1.29 is 22.7 Å². The Labute approximate surface area is 204 Å². The zero-order chi connectivity index (χ0) is 25.9. The zero-order valence-electron chi connectivity index (χ0n) is 18.0. The van der Waals surface area contributed by atoms with E-state index in [2.05, 4.69) is 25.4 Å². The maximum Gasteiger partial charge on any atom is 0.440 e. The fraction of sp³-hybridized carbons (Fsp3) is 0.0909. The van der Waals surface area contributed by atoms with E-state index < -0.39 is 23.3 Å². The van der Waals surface area contributed by atoms with Gasteiger partial charge in [-0.05, 0) is 48.0 Å². The average molecular weight is 518 g/mol. The summed E-state index contributed by atoms with van der Waals surface area (Å²) in [5.41, 5.74) is 2.75. The van der Waals surface area contributed by atoms with E-state index in [1.807, 2.05) is 0 Å². The van der Waals surface area contributed by atoms with Gasteiger partial charge < -0.3 is 10.5 Å². The lowest BCUT2D eigenvalue weighted by Gasteiger charge is -2.11. The van der Waals surface area contributed by atoms with Crippen LogP contribution in [0.15, 0.2) is 70.5 Å². The molecule has 2 aromatic carbocycles. The van der Waals surface area contributed by atoms with Gasteiger partial charge in [-0.25, -0.2) is 10.1 Å². The molecule has 14 heteroatoms. The van der Waals surface area contributed by atoms with E-state index in [0.29, 0.717) is 22.0 Å². The summed E-state index contributed by atoms with van der Waals surface area (Å²) in [6.45, 7) is -0.210. The minimum absolute atomic E-state index is 0.0254. The molecule has 4 rings (SSSR count). The third-order valence-corrected chi connectivity index (χ3v) is 4.93. The number of aromatic nitrogens is 5. The third kappa shape index (κ3) is 5.75. The van der Waals surface area contributed by atoms with Crippen LogP contribution in [0.3, 0.4) is 0 Å². The molecule has 0 aliphatic carbocycles. The number of ether oxygens (including phenoxy) is 1. The van der Waals surface area contributed by atoms with Crippen LogP contribution < -0.4 is 21.6 Å². The molecular formula is C22H15ClF3N7O3. The molecule has 1 amide bonds. The predicted molar refractivity (Wildman–Crippen MR) is 121 cm³/mol. The monoisotopic (exact) mass is 517 g/mol. The Kier molecular flexibility index (Phi) is 6.83. The minimum Gasteiger partial charge on any atom is -0.438 e. The molecule has 2 aromatic heterocycles. The standard InChI is InChI=1S/C22H15ClF3N7O3/c23-13-3-1-12(2-4-13)11-33-20(35)18(22(24,25)26)31-32-21(33)28-14-5-7-15(8-6-14)36-17-10-9-16(19(27)34)29-30-17/h1-10H,11H2,(H2,27,34)(H,28,32). The van der Waals surface area contributed by atoms with Crippen LogP contribution in [0.2, 0.25) is 5.02 Å². The van der Waals surface area contributed by atoms with Crippen LogP contribution in [0.5, 0.6) is 11.6 Å². The second kappa shape index (κ2) is 10.00. The average Bonchev–Trinajstić information content (AvgIpc) is 2.83. The molecule has 10 nitrogen and oxygen atoms in total. The van der Waals surface area contributed by atoms with Crippen molar-refractivity contribution >= 4 is 23.2 Å². The van der Waals surface area contributed by atoms with E-state index in [1.165, 1.54) is 36.4 Å². The third-order valence-electron chi connectivity index (χ3n) is 4.68. The van der Waals surface area contributed by atoms with Gasteiger partial charge in [0.1, 0.15) is 5.75 Å². The summed E-state index contributed by atoms with van der Waals surface area (Å²) in [5.74, 6) is -0.297. The maximum absolute atomic E-state index is 13.3. The molecule has 0 aliphatic rings. The summed E-state index contributed by atoms with van der Waals surface area (Å²) in [6, 6.07) is 15.1. The van der Waals surface area contributed by atoms with Gasteiger partial charge in [0.05, 0.1) is 12.2 Å². The molecule has 0 saturated carbocycles. The molecule has 0 aliphatic heterocycles. The Bertz CT molecular complexity index is 1520. The smallest absolute Gasteiger partial charge is 0.438 e. The molecule has 0 fully saturated rings. The van der Waals surface area contributed by atoms with Crippen LogP contribution >= 0.6 is 11.6 Å². The lowest BCUT2D eigenvalue weighted by atomic mass is 10.2. The molecular weight excluding hydrogens is 503 g/mol. The summed E-state index contributed by atoms with van der Waals surface area (Å²) in [7, 11) is 0. The Morgan fingerprint density at radius 2 is 1.75 bits per heavy atom. The summed E-state index contributed by atoms with van der Waals surface area (Å²) >= 11 is 5.86. The Morgan fingerprint density at radius 3 is 2.33 bits per heavy atom. The number of aromatic amines is 1. The lowest BCUT2D eigenvalue weighted by Crippen LogP contribution is -2.41. The number of hydrogen-bond donors (Lipinski definition) is 2. The van der Waals surface area contributed by atoms with Crippen LogP contribution in [0.1, 0.15) is 21.7 Å². The number of carbonyl (C=O) groups excluding carboxylic acids is 1. The van der Waals surface area contributed by atoms with Gasteiger partial charge >= 0.3 is 6.18 Å². The maximum atomic E-state index is 13.3. The van der Waals surface area contributed by atoms with Crippen molar-refractivity contribution in [1.82, 2.24) is 25.0 Å². The van der Waals surface area contributed by atoms with Crippen molar-refractivity contribution in [1.29, 1.82) is 0 Å². The first-order valence-electron chi connectivity index (χ1n) is 10.1. The number of nitrogens with two attached hydrogens (primary N) is 1. The van der Waals surface area contributed by atoms with Gasteiger partial charge in [0.15, 0.2) is 5.69 Å². The normalized spacial score (nSPS) is 11.9. The van der Waals surface area contributed by atoms with Crippen molar-refractivity contribution in [2.75, 3.05) is 0 Å². The molecule has 0 atom stereocenters. The fourth-order valence-electron chi connectivity index (χ4n) is 2.96.